The van der Waals surface area contributed by atoms with Gasteiger partial charge in [-0.3, -0.25) is 10.2 Å². The number of nitrogens with one attached hydrogen (secondary N) is 1. The first-order valence-corrected chi connectivity index (χ1v) is 6.81. The fourth-order valence-electron chi connectivity index (χ4n) is 1.60. The number of aryl methyl sites for hydroxylation is 2. The summed E-state index contributed by atoms with van der Waals surface area (Å²) in [6, 6.07) is 6.50. The van der Waals surface area contributed by atoms with Crippen LogP contribution in [0.4, 0.5) is 0 Å². The van der Waals surface area contributed by atoms with Crippen LogP contribution in [0.15, 0.2) is 23.1 Å². The highest BCUT2D eigenvalue weighted by Gasteiger charge is 2.01. The third-order valence-electron chi connectivity index (χ3n) is 2.55. The number of hydrogen-bond donors (Lipinski definition) is 2. The quantitative estimate of drug-likeness (QED) is 0.269. The summed E-state index contributed by atoms with van der Waals surface area (Å²) in [6.07, 6.45) is 2.44. The van der Waals surface area contributed by atoms with Gasteiger partial charge in [-0.25, -0.2) is 5.84 Å². The molecule has 3 N–H and O–H groups in total. The molecule has 0 unspecified atom stereocenters. The van der Waals surface area contributed by atoms with Crippen LogP contribution in [0, 0.1) is 13.8 Å². The van der Waals surface area contributed by atoms with Crippen molar-refractivity contribution in [3.8, 4) is 0 Å². The number of carbonyl (C=O) groups excluding carboxylic acids is 1. The van der Waals surface area contributed by atoms with Crippen molar-refractivity contribution in [2.75, 3.05) is 5.75 Å². The monoisotopic (exact) mass is 252 g/mol. The molecule has 1 aromatic rings. The van der Waals surface area contributed by atoms with Gasteiger partial charge in [-0.15, -0.1) is 11.8 Å². The highest BCUT2D eigenvalue weighted by molar-refractivity contribution is 7.99. The SMILES string of the molecule is Cc1ccc(SCCCCC(=O)NN)c(C)c1. The largest absolute Gasteiger partial charge is 0.294 e. The molecule has 3 nitrogen and oxygen atoms in total. The van der Waals surface area contributed by atoms with Crippen molar-refractivity contribution in [1.29, 1.82) is 0 Å². The molecule has 1 rings (SSSR count). The Labute approximate surface area is 107 Å². The van der Waals surface area contributed by atoms with Gasteiger partial charge in [-0.2, -0.15) is 0 Å². The van der Waals surface area contributed by atoms with E-state index >= 15 is 0 Å². The zero-order valence-electron chi connectivity index (χ0n) is 10.5. The van der Waals surface area contributed by atoms with Gasteiger partial charge in [0, 0.05) is 11.3 Å². The van der Waals surface area contributed by atoms with E-state index in [0.29, 0.717) is 6.42 Å². The second-order valence-corrected chi connectivity index (χ2v) is 5.28. The van der Waals surface area contributed by atoms with Crippen LogP contribution >= 0.6 is 11.8 Å². The fourth-order valence-corrected chi connectivity index (χ4v) is 2.62. The van der Waals surface area contributed by atoms with Crippen LogP contribution in [-0.4, -0.2) is 11.7 Å². The Morgan fingerprint density at radius 3 is 2.76 bits per heavy atom. The highest BCUT2D eigenvalue weighted by Crippen LogP contribution is 2.24. The van der Waals surface area contributed by atoms with E-state index in [2.05, 4.69) is 37.5 Å². The Balaban J connectivity index is 2.24. The van der Waals surface area contributed by atoms with Crippen LogP contribution < -0.4 is 11.3 Å². The zero-order chi connectivity index (χ0) is 12.7. The summed E-state index contributed by atoms with van der Waals surface area (Å²) in [7, 11) is 0. The van der Waals surface area contributed by atoms with Gasteiger partial charge in [-0.05, 0) is 44.1 Å². The van der Waals surface area contributed by atoms with Crippen molar-refractivity contribution in [3.63, 3.8) is 0 Å². The predicted molar refractivity (Wildman–Crippen MR) is 72.8 cm³/mol. The zero-order valence-corrected chi connectivity index (χ0v) is 11.3. The maximum atomic E-state index is 10.9. The number of amides is 1. The topological polar surface area (TPSA) is 55.1 Å². The molecule has 1 aromatic carbocycles. The number of hydrazine groups is 1. The van der Waals surface area contributed by atoms with E-state index < -0.39 is 0 Å². The lowest BCUT2D eigenvalue weighted by molar-refractivity contribution is -0.121. The van der Waals surface area contributed by atoms with Crippen LogP contribution in [-0.2, 0) is 4.79 Å². The summed E-state index contributed by atoms with van der Waals surface area (Å²) < 4.78 is 0. The normalized spacial score (nSPS) is 10.3. The molecular weight excluding hydrogens is 232 g/mol. The van der Waals surface area contributed by atoms with Crippen molar-refractivity contribution in [1.82, 2.24) is 5.43 Å². The van der Waals surface area contributed by atoms with Gasteiger partial charge in [0.1, 0.15) is 0 Å². The number of unbranched alkanes of at least 4 members (excludes halogenated alkanes) is 1. The van der Waals surface area contributed by atoms with Crippen molar-refractivity contribution >= 4 is 17.7 Å². The number of carbonyl (C=O) groups is 1. The number of rotatable bonds is 6. The van der Waals surface area contributed by atoms with Crippen LogP contribution in [0.1, 0.15) is 30.4 Å². The second kappa shape index (κ2) is 7.35. The van der Waals surface area contributed by atoms with Crippen molar-refractivity contribution in [3.05, 3.63) is 29.3 Å². The van der Waals surface area contributed by atoms with E-state index in [1.165, 1.54) is 16.0 Å². The Morgan fingerprint density at radius 1 is 1.35 bits per heavy atom. The van der Waals surface area contributed by atoms with Crippen LogP contribution in [0.25, 0.3) is 0 Å². The van der Waals surface area contributed by atoms with E-state index in [0.717, 1.165) is 18.6 Å². The summed E-state index contributed by atoms with van der Waals surface area (Å²) in [5.41, 5.74) is 4.77. The lowest BCUT2D eigenvalue weighted by Crippen LogP contribution is -2.29. The van der Waals surface area contributed by atoms with Crippen molar-refractivity contribution in [2.45, 2.75) is 38.0 Å². The molecule has 0 radical (unpaired) electrons. The molecule has 0 fully saturated rings. The molecule has 0 saturated carbocycles. The van der Waals surface area contributed by atoms with Gasteiger partial charge in [0.2, 0.25) is 5.91 Å². The number of nitrogens with two attached hydrogens (primary N) is 1. The average molecular weight is 252 g/mol. The van der Waals surface area contributed by atoms with Gasteiger partial charge >= 0.3 is 0 Å². The lowest BCUT2D eigenvalue weighted by atomic mass is 10.2. The third kappa shape index (κ3) is 5.24. The Kier molecular flexibility index (Phi) is 6.08. The van der Waals surface area contributed by atoms with Crippen LogP contribution in [0.2, 0.25) is 0 Å². The molecule has 0 aliphatic carbocycles. The minimum Gasteiger partial charge on any atom is -0.294 e. The van der Waals surface area contributed by atoms with E-state index in [-0.39, 0.29) is 5.91 Å². The Bertz CT molecular complexity index is 380. The lowest BCUT2D eigenvalue weighted by Gasteiger charge is -2.06. The summed E-state index contributed by atoms with van der Waals surface area (Å²) in [5.74, 6) is 5.97. The molecule has 0 atom stereocenters. The van der Waals surface area contributed by atoms with Gasteiger partial charge in [-0.1, -0.05) is 17.7 Å². The van der Waals surface area contributed by atoms with E-state index in [1.54, 1.807) is 0 Å². The maximum absolute atomic E-state index is 10.9. The second-order valence-electron chi connectivity index (χ2n) is 4.14. The first kappa shape index (κ1) is 14.1. The molecule has 4 heteroatoms. The summed E-state index contributed by atoms with van der Waals surface area (Å²) in [5, 5.41) is 0. The van der Waals surface area contributed by atoms with Gasteiger partial charge in [0.25, 0.3) is 0 Å². The van der Waals surface area contributed by atoms with Crippen LogP contribution in [0.5, 0.6) is 0 Å². The summed E-state index contributed by atoms with van der Waals surface area (Å²) >= 11 is 1.85. The fraction of sp³-hybridized carbons (Fsp3) is 0.462. The molecule has 94 valence electrons. The van der Waals surface area contributed by atoms with E-state index in [4.69, 9.17) is 5.84 Å². The first-order valence-electron chi connectivity index (χ1n) is 5.83. The van der Waals surface area contributed by atoms with E-state index in [9.17, 15) is 4.79 Å². The number of benzene rings is 1. The summed E-state index contributed by atoms with van der Waals surface area (Å²) in [4.78, 5) is 12.2. The minimum atomic E-state index is -0.0819. The molecule has 0 bridgehead atoms. The standard InChI is InChI=1S/C13H20N2OS/c1-10-6-7-12(11(2)9-10)17-8-4-3-5-13(16)15-14/h6-7,9H,3-5,8,14H2,1-2H3,(H,15,16). The molecule has 17 heavy (non-hydrogen) atoms. The van der Waals surface area contributed by atoms with E-state index in [1.807, 2.05) is 11.8 Å². The average Bonchev–Trinajstić information content (AvgIpc) is 2.30. The summed E-state index contributed by atoms with van der Waals surface area (Å²) in [6.45, 7) is 4.24. The molecule has 0 saturated heterocycles. The predicted octanol–water partition coefficient (Wildman–Crippen LogP) is 2.56. The molecule has 0 aromatic heterocycles. The maximum Gasteiger partial charge on any atom is 0.233 e. The molecular formula is C13H20N2OS. The minimum absolute atomic E-state index is 0.0819. The third-order valence-corrected chi connectivity index (χ3v) is 3.81. The smallest absolute Gasteiger partial charge is 0.233 e. The molecule has 1 amide bonds. The highest BCUT2D eigenvalue weighted by atomic mass is 32.2. The Morgan fingerprint density at radius 2 is 2.12 bits per heavy atom. The van der Waals surface area contributed by atoms with Gasteiger partial charge < -0.3 is 0 Å². The van der Waals surface area contributed by atoms with Crippen molar-refractivity contribution < 1.29 is 4.79 Å². The number of hydrogen-bond acceptors (Lipinski definition) is 3. The van der Waals surface area contributed by atoms with Gasteiger partial charge in [0.15, 0.2) is 0 Å². The molecule has 0 spiro atoms. The molecule has 0 aliphatic rings. The number of thioether (sulfide) groups is 1. The molecule has 0 aliphatic heterocycles. The molecule has 0 heterocycles. The van der Waals surface area contributed by atoms with Gasteiger partial charge in [0.05, 0.1) is 0 Å². The van der Waals surface area contributed by atoms with Crippen molar-refractivity contribution in [2.24, 2.45) is 5.84 Å². The van der Waals surface area contributed by atoms with Crippen LogP contribution in [0.3, 0.4) is 0 Å². The Hall–Kier alpha value is -1.00. The first-order chi connectivity index (χ1) is 8.13.